The van der Waals surface area contributed by atoms with Crippen LogP contribution in [0.1, 0.15) is 70.9 Å². The lowest BCUT2D eigenvalue weighted by Crippen LogP contribution is -2.34. The van der Waals surface area contributed by atoms with Gasteiger partial charge in [0.05, 0.1) is 0 Å². The molecule has 3 nitrogen and oxygen atoms in total. The van der Waals surface area contributed by atoms with Crippen LogP contribution in [0.25, 0.3) is 0 Å². The highest BCUT2D eigenvalue weighted by molar-refractivity contribution is 9.10. The van der Waals surface area contributed by atoms with Crippen molar-refractivity contribution < 1.29 is 9.53 Å². The highest BCUT2D eigenvalue weighted by Crippen LogP contribution is 2.46. The maximum Gasteiger partial charge on any atom is 0.407 e. The minimum absolute atomic E-state index is 0.199. The zero-order valence-electron chi connectivity index (χ0n) is 14.8. The number of amides is 1. The lowest BCUT2D eigenvalue weighted by Gasteiger charge is -2.38. The van der Waals surface area contributed by atoms with Crippen LogP contribution in [0, 0.1) is 0 Å². The molecule has 1 N–H and O–H groups in total. The molecular weight excluding hydrogens is 354 g/mol. The fourth-order valence-corrected chi connectivity index (χ4v) is 4.29. The molecule has 0 spiro atoms. The predicted octanol–water partition coefficient (Wildman–Crippen LogP) is 5.52. The van der Waals surface area contributed by atoms with E-state index in [1.807, 2.05) is 20.8 Å². The second kappa shape index (κ2) is 6.84. The summed E-state index contributed by atoms with van der Waals surface area (Å²) in [6.07, 6.45) is 2.94. The van der Waals surface area contributed by atoms with Crippen LogP contribution in [0.2, 0.25) is 0 Å². The second-order valence-corrected chi connectivity index (χ2v) is 8.90. The number of fused-ring (bicyclic) bond motifs is 1. The van der Waals surface area contributed by atoms with Crippen molar-refractivity contribution in [2.75, 3.05) is 6.54 Å². The van der Waals surface area contributed by atoms with Crippen molar-refractivity contribution in [2.24, 2.45) is 0 Å². The number of halogens is 1. The van der Waals surface area contributed by atoms with Gasteiger partial charge in [-0.15, -0.1) is 0 Å². The molecule has 1 aromatic rings. The Hall–Kier alpha value is -1.03. The lowest BCUT2D eigenvalue weighted by atomic mass is 9.68. The maximum atomic E-state index is 11.8. The Kier molecular flexibility index (Phi) is 5.44. The molecule has 0 saturated heterocycles. The Morgan fingerprint density at radius 1 is 1.39 bits per heavy atom. The third-order valence-corrected chi connectivity index (χ3v) is 5.10. The highest BCUT2D eigenvalue weighted by atomic mass is 79.9. The van der Waals surface area contributed by atoms with E-state index >= 15 is 0 Å². The number of hydrogen-bond donors (Lipinski definition) is 1. The molecule has 0 heterocycles. The molecule has 1 aromatic carbocycles. The van der Waals surface area contributed by atoms with E-state index < -0.39 is 5.60 Å². The van der Waals surface area contributed by atoms with Gasteiger partial charge in [0.25, 0.3) is 0 Å². The normalized spacial score (nSPS) is 19.8. The van der Waals surface area contributed by atoms with E-state index in [1.54, 1.807) is 0 Å². The molecule has 0 fully saturated rings. The first kappa shape index (κ1) is 18.3. The van der Waals surface area contributed by atoms with Gasteiger partial charge in [-0.3, -0.25) is 0 Å². The van der Waals surface area contributed by atoms with Gasteiger partial charge < -0.3 is 10.1 Å². The second-order valence-electron chi connectivity index (χ2n) is 8.04. The topological polar surface area (TPSA) is 38.3 Å². The van der Waals surface area contributed by atoms with Crippen LogP contribution in [0.5, 0.6) is 0 Å². The van der Waals surface area contributed by atoms with Crippen molar-refractivity contribution in [3.63, 3.8) is 0 Å². The van der Waals surface area contributed by atoms with E-state index in [-0.39, 0.29) is 11.5 Å². The summed E-state index contributed by atoms with van der Waals surface area (Å²) in [4.78, 5) is 11.8. The highest BCUT2D eigenvalue weighted by Gasteiger charge is 2.33. The predicted molar refractivity (Wildman–Crippen MR) is 98.0 cm³/mol. The minimum Gasteiger partial charge on any atom is -0.444 e. The molecule has 1 unspecified atom stereocenters. The number of ether oxygens (including phenoxy) is 1. The SMILES string of the molecule is CC(C)(C)OC(=O)NCCC1CCC(C)(C)c2c(Br)cccc21. The Morgan fingerprint density at radius 3 is 2.74 bits per heavy atom. The van der Waals surface area contributed by atoms with Gasteiger partial charge >= 0.3 is 6.09 Å². The quantitative estimate of drug-likeness (QED) is 0.748. The first-order valence-corrected chi connectivity index (χ1v) is 9.15. The molecule has 1 amide bonds. The first-order valence-electron chi connectivity index (χ1n) is 8.36. The van der Waals surface area contributed by atoms with Crippen molar-refractivity contribution in [2.45, 2.75) is 70.8 Å². The summed E-state index contributed by atoms with van der Waals surface area (Å²) < 4.78 is 6.49. The van der Waals surface area contributed by atoms with Crippen LogP contribution in [-0.4, -0.2) is 18.2 Å². The fourth-order valence-electron chi connectivity index (χ4n) is 3.37. The van der Waals surface area contributed by atoms with Crippen LogP contribution < -0.4 is 5.32 Å². The molecule has 0 aromatic heterocycles. The van der Waals surface area contributed by atoms with Crippen molar-refractivity contribution in [1.82, 2.24) is 5.32 Å². The number of benzene rings is 1. The van der Waals surface area contributed by atoms with Crippen LogP contribution in [0.3, 0.4) is 0 Å². The van der Waals surface area contributed by atoms with Crippen molar-refractivity contribution >= 4 is 22.0 Å². The first-order chi connectivity index (χ1) is 10.6. The number of carbonyl (C=O) groups excluding carboxylic acids is 1. The van der Waals surface area contributed by atoms with E-state index in [1.165, 1.54) is 22.0 Å². The van der Waals surface area contributed by atoms with E-state index in [4.69, 9.17) is 4.74 Å². The summed E-state index contributed by atoms with van der Waals surface area (Å²) in [6.45, 7) is 10.9. The van der Waals surface area contributed by atoms with Gasteiger partial charge in [0.15, 0.2) is 0 Å². The fraction of sp³-hybridized carbons (Fsp3) is 0.632. The molecular formula is C19H28BrNO2. The van der Waals surface area contributed by atoms with Crippen molar-refractivity contribution in [3.8, 4) is 0 Å². The standard InChI is InChI=1S/C19H28BrNO2/c1-18(2,3)23-17(22)21-12-10-13-9-11-19(4,5)16-14(13)7-6-8-15(16)20/h6-8,13H,9-12H2,1-5H3,(H,21,22). The Bertz CT molecular complexity index is 575. The summed E-state index contributed by atoms with van der Waals surface area (Å²) in [7, 11) is 0. The zero-order valence-corrected chi connectivity index (χ0v) is 16.4. The third-order valence-electron chi connectivity index (χ3n) is 4.44. The number of rotatable bonds is 3. The summed E-state index contributed by atoms with van der Waals surface area (Å²) in [6, 6.07) is 6.47. The molecule has 2 rings (SSSR count). The van der Waals surface area contributed by atoms with Gasteiger partial charge in [-0.25, -0.2) is 4.79 Å². The molecule has 0 saturated carbocycles. The number of hydrogen-bond acceptors (Lipinski definition) is 2. The molecule has 0 bridgehead atoms. The van der Waals surface area contributed by atoms with E-state index in [0.717, 1.165) is 12.8 Å². The van der Waals surface area contributed by atoms with Crippen LogP contribution in [-0.2, 0) is 10.2 Å². The van der Waals surface area contributed by atoms with Gasteiger partial charge in [-0.1, -0.05) is 41.9 Å². The Labute approximate surface area is 148 Å². The van der Waals surface area contributed by atoms with Crippen LogP contribution in [0.15, 0.2) is 22.7 Å². The van der Waals surface area contributed by atoms with Crippen LogP contribution >= 0.6 is 15.9 Å². The number of nitrogens with one attached hydrogen (secondary N) is 1. The smallest absolute Gasteiger partial charge is 0.407 e. The van der Waals surface area contributed by atoms with Gasteiger partial charge in [0.1, 0.15) is 5.60 Å². The Morgan fingerprint density at radius 2 is 2.09 bits per heavy atom. The van der Waals surface area contributed by atoms with E-state index in [2.05, 4.69) is 53.3 Å². The maximum absolute atomic E-state index is 11.8. The molecule has 1 aliphatic carbocycles. The zero-order chi connectivity index (χ0) is 17.3. The summed E-state index contributed by atoms with van der Waals surface area (Å²) in [5.74, 6) is 0.491. The average Bonchev–Trinajstić information content (AvgIpc) is 2.39. The molecule has 4 heteroatoms. The van der Waals surface area contributed by atoms with Gasteiger partial charge in [0, 0.05) is 11.0 Å². The molecule has 1 aliphatic rings. The molecule has 128 valence electrons. The Balaban J connectivity index is 2.01. The van der Waals surface area contributed by atoms with E-state index in [9.17, 15) is 4.79 Å². The van der Waals surface area contributed by atoms with Crippen LogP contribution in [0.4, 0.5) is 4.79 Å². The van der Waals surface area contributed by atoms with Crippen molar-refractivity contribution in [1.29, 1.82) is 0 Å². The number of carbonyl (C=O) groups is 1. The molecule has 23 heavy (non-hydrogen) atoms. The molecule has 0 radical (unpaired) electrons. The summed E-state index contributed by atoms with van der Waals surface area (Å²) >= 11 is 3.72. The van der Waals surface area contributed by atoms with Gasteiger partial charge in [0.2, 0.25) is 0 Å². The van der Waals surface area contributed by atoms with Crippen molar-refractivity contribution in [3.05, 3.63) is 33.8 Å². The van der Waals surface area contributed by atoms with Gasteiger partial charge in [-0.05, 0) is 68.6 Å². The van der Waals surface area contributed by atoms with Gasteiger partial charge in [-0.2, -0.15) is 0 Å². The molecule has 1 atom stereocenters. The summed E-state index contributed by atoms with van der Waals surface area (Å²) in [5.41, 5.74) is 2.59. The monoisotopic (exact) mass is 381 g/mol. The average molecular weight is 382 g/mol. The minimum atomic E-state index is -0.448. The third kappa shape index (κ3) is 4.72. The summed E-state index contributed by atoms with van der Waals surface area (Å²) in [5, 5.41) is 2.88. The largest absolute Gasteiger partial charge is 0.444 e. The number of alkyl carbamates (subject to hydrolysis) is 1. The lowest BCUT2D eigenvalue weighted by molar-refractivity contribution is 0.0526. The molecule has 0 aliphatic heterocycles. The van der Waals surface area contributed by atoms with E-state index in [0.29, 0.717) is 12.5 Å².